The standard InChI is InChI=1S/C8H12N2O4S/c1-2-15(13,14)6-5-10-7(11)3-4-9-8(10)12/h3-4H,2,5-6H2,1H3,(H,9,12). The summed E-state index contributed by atoms with van der Waals surface area (Å²) in [5.41, 5.74) is -1.08. The maximum absolute atomic E-state index is 11.2. The van der Waals surface area contributed by atoms with E-state index in [9.17, 15) is 18.0 Å². The van der Waals surface area contributed by atoms with Gasteiger partial charge in [-0.2, -0.15) is 0 Å². The van der Waals surface area contributed by atoms with Gasteiger partial charge >= 0.3 is 5.69 Å². The lowest BCUT2D eigenvalue weighted by molar-refractivity contribution is 0.584. The van der Waals surface area contributed by atoms with Gasteiger partial charge in [0, 0.05) is 24.6 Å². The van der Waals surface area contributed by atoms with E-state index in [0.29, 0.717) is 0 Å². The Balaban J connectivity index is 2.93. The molecule has 0 aliphatic heterocycles. The smallest absolute Gasteiger partial charge is 0.314 e. The summed E-state index contributed by atoms with van der Waals surface area (Å²) in [6, 6.07) is 1.18. The fourth-order valence-electron chi connectivity index (χ4n) is 1.04. The molecule has 1 N–H and O–H groups in total. The van der Waals surface area contributed by atoms with E-state index in [0.717, 1.165) is 4.57 Å². The lowest BCUT2D eigenvalue weighted by Gasteiger charge is -2.03. The monoisotopic (exact) mass is 232 g/mol. The molecule has 15 heavy (non-hydrogen) atoms. The molecule has 0 unspecified atom stereocenters. The van der Waals surface area contributed by atoms with Crippen molar-refractivity contribution < 1.29 is 8.42 Å². The van der Waals surface area contributed by atoms with Crippen molar-refractivity contribution in [2.75, 3.05) is 11.5 Å². The topological polar surface area (TPSA) is 89.0 Å². The van der Waals surface area contributed by atoms with Gasteiger partial charge in [-0.3, -0.25) is 9.36 Å². The molecule has 84 valence electrons. The molecule has 1 rings (SSSR count). The number of nitrogens with one attached hydrogen (secondary N) is 1. The highest BCUT2D eigenvalue weighted by molar-refractivity contribution is 7.91. The van der Waals surface area contributed by atoms with Gasteiger partial charge < -0.3 is 4.98 Å². The largest absolute Gasteiger partial charge is 0.328 e. The van der Waals surface area contributed by atoms with Crippen molar-refractivity contribution in [3.05, 3.63) is 33.1 Å². The van der Waals surface area contributed by atoms with Crippen LogP contribution >= 0.6 is 0 Å². The Kier molecular flexibility index (Phi) is 3.46. The molecule has 0 amide bonds. The van der Waals surface area contributed by atoms with E-state index >= 15 is 0 Å². The number of rotatable bonds is 4. The van der Waals surface area contributed by atoms with Crippen molar-refractivity contribution in [1.82, 2.24) is 9.55 Å². The summed E-state index contributed by atoms with van der Waals surface area (Å²) in [4.78, 5) is 24.7. The van der Waals surface area contributed by atoms with Crippen LogP contribution in [0, 0.1) is 0 Å². The van der Waals surface area contributed by atoms with Gasteiger partial charge in [-0.15, -0.1) is 0 Å². The minimum Gasteiger partial charge on any atom is -0.314 e. The highest BCUT2D eigenvalue weighted by atomic mass is 32.2. The van der Waals surface area contributed by atoms with E-state index in [1.807, 2.05) is 0 Å². The van der Waals surface area contributed by atoms with Crippen molar-refractivity contribution in [3.8, 4) is 0 Å². The summed E-state index contributed by atoms with van der Waals surface area (Å²) in [5, 5.41) is 0. The second-order valence-electron chi connectivity index (χ2n) is 3.01. The zero-order valence-electron chi connectivity index (χ0n) is 8.26. The Morgan fingerprint density at radius 2 is 2.07 bits per heavy atom. The summed E-state index contributed by atoms with van der Waals surface area (Å²) in [5.74, 6) is -0.191. The van der Waals surface area contributed by atoms with E-state index in [2.05, 4.69) is 4.98 Å². The molecule has 1 heterocycles. The van der Waals surface area contributed by atoms with E-state index in [-0.39, 0.29) is 18.1 Å². The third-order valence-corrected chi connectivity index (χ3v) is 3.69. The zero-order chi connectivity index (χ0) is 11.5. The number of H-pyrrole nitrogens is 1. The van der Waals surface area contributed by atoms with Crippen molar-refractivity contribution in [2.24, 2.45) is 0 Å². The second-order valence-corrected chi connectivity index (χ2v) is 5.48. The average Bonchev–Trinajstić information content (AvgIpc) is 2.17. The normalized spacial score (nSPS) is 11.5. The molecule has 0 atom stereocenters. The predicted octanol–water partition coefficient (Wildman–Crippen LogP) is -1.03. The van der Waals surface area contributed by atoms with Gasteiger partial charge in [-0.1, -0.05) is 6.92 Å². The lowest BCUT2D eigenvalue weighted by atomic mass is 10.6. The first-order valence-corrected chi connectivity index (χ1v) is 6.27. The van der Waals surface area contributed by atoms with Crippen LogP contribution in [0.5, 0.6) is 0 Å². The van der Waals surface area contributed by atoms with Crippen molar-refractivity contribution in [2.45, 2.75) is 13.5 Å². The van der Waals surface area contributed by atoms with Gasteiger partial charge in [-0.05, 0) is 0 Å². The quantitative estimate of drug-likeness (QED) is 0.719. The first kappa shape index (κ1) is 11.7. The number of aromatic amines is 1. The summed E-state index contributed by atoms with van der Waals surface area (Å²) in [7, 11) is -3.16. The van der Waals surface area contributed by atoms with Crippen molar-refractivity contribution in [3.63, 3.8) is 0 Å². The molecule has 6 nitrogen and oxygen atoms in total. The van der Waals surface area contributed by atoms with Crippen LogP contribution in [-0.2, 0) is 16.4 Å². The Labute approximate surface area is 86.5 Å². The summed E-state index contributed by atoms with van der Waals surface area (Å²) < 4.78 is 23.2. The molecule has 1 aromatic heterocycles. The Morgan fingerprint density at radius 3 is 2.60 bits per heavy atom. The highest BCUT2D eigenvalue weighted by Gasteiger charge is 2.09. The number of hydrogen-bond acceptors (Lipinski definition) is 4. The lowest BCUT2D eigenvalue weighted by Crippen LogP contribution is -2.36. The van der Waals surface area contributed by atoms with E-state index in [4.69, 9.17) is 0 Å². The Morgan fingerprint density at radius 1 is 1.40 bits per heavy atom. The van der Waals surface area contributed by atoms with Crippen molar-refractivity contribution in [1.29, 1.82) is 0 Å². The van der Waals surface area contributed by atoms with Gasteiger partial charge in [0.2, 0.25) is 0 Å². The molecule has 0 aromatic carbocycles. The number of nitrogens with zero attached hydrogens (tertiary/aromatic N) is 1. The minimum absolute atomic E-state index is 0.00644. The molecule has 0 aliphatic rings. The summed E-state index contributed by atoms with van der Waals surface area (Å²) >= 11 is 0. The maximum Gasteiger partial charge on any atom is 0.328 e. The average molecular weight is 232 g/mol. The van der Waals surface area contributed by atoms with Gasteiger partial charge in [0.05, 0.1) is 5.75 Å². The van der Waals surface area contributed by atoms with Crippen LogP contribution in [0.3, 0.4) is 0 Å². The molecule has 0 saturated heterocycles. The highest BCUT2D eigenvalue weighted by Crippen LogP contribution is 1.89. The van der Waals surface area contributed by atoms with Crippen LogP contribution in [0.15, 0.2) is 21.9 Å². The number of aromatic nitrogens is 2. The van der Waals surface area contributed by atoms with Gasteiger partial charge in [0.15, 0.2) is 9.84 Å². The first-order chi connectivity index (χ1) is 6.96. The molecule has 0 aliphatic carbocycles. The zero-order valence-corrected chi connectivity index (χ0v) is 9.08. The van der Waals surface area contributed by atoms with Crippen LogP contribution in [0.25, 0.3) is 0 Å². The maximum atomic E-state index is 11.2. The van der Waals surface area contributed by atoms with Crippen LogP contribution in [0.1, 0.15) is 6.92 Å². The molecule has 0 bridgehead atoms. The molecular weight excluding hydrogens is 220 g/mol. The van der Waals surface area contributed by atoms with Gasteiger partial charge in [0.1, 0.15) is 0 Å². The Bertz CT molecular complexity index is 512. The molecule has 1 aromatic rings. The van der Waals surface area contributed by atoms with E-state index < -0.39 is 21.1 Å². The molecule has 0 saturated carbocycles. The molecule has 0 fully saturated rings. The van der Waals surface area contributed by atoms with Crippen molar-refractivity contribution >= 4 is 9.84 Å². The SMILES string of the molecule is CCS(=O)(=O)CCn1c(=O)cc[nH]c1=O. The fourth-order valence-corrected chi connectivity index (χ4v) is 1.79. The summed E-state index contributed by atoms with van der Waals surface area (Å²) in [6.07, 6.45) is 1.23. The molecular formula is C8H12N2O4S. The van der Waals surface area contributed by atoms with Crippen LogP contribution < -0.4 is 11.2 Å². The second kappa shape index (κ2) is 4.43. The van der Waals surface area contributed by atoms with Crippen LogP contribution in [0.4, 0.5) is 0 Å². The Hall–Kier alpha value is -1.37. The number of hydrogen-bond donors (Lipinski definition) is 1. The van der Waals surface area contributed by atoms with Gasteiger partial charge in [0.25, 0.3) is 5.56 Å². The third kappa shape index (κ3) is 3.05. The molecule has 0 radical (unpaired) electrons. The predicted molar refractivity (Wildman–Crippen MR) is 55.7 cm³/mol. The summed E-state index contributed by atoms with van der Waals surface area (Å²) in [6.45, 7) is 1.42. The molecule has 0 spiro atoms. The van der Waals surface area contributed by atoms with Crippen LogP contribution in [-0.4, -0.2) is 29.5 Å². The van der Waals surface area contributed by atoms with Gasteiger partial charge in [-0.25, -0.2) is 13.2 Å². The third-order valence-electron chi connectivity index (χ3n) is 2.01. The van der Waals surface area contributed by atoms with E-state index in [1.54, 1.807) is 0 Å². The minimum atomic E-state index is -3.16. The van der Waals surface area contributed by atoms with Crippen LogP contribution in [0.2, 0.25) is 0 Å². The molecule has 7 heteroatoms. The fraction of sp³-hybridized carbons (Fsp3) is 0.500. The van der Waals surface area contributed by atoms with E-state index in [1.165, 1.54) is 19.2 Å². The first-order valence-electron chi connectivity index (χ1n) is 4.45. The number of sulfone groups is 1.